The Morgan fingerprint density at radius 2 is 1.81 bits per heavy atom. The lowest BCUT2D eigenvalue weighted by molar-refractivity contribution is -0.120. The van der Waals surface area contributed by atoms with Gasteiger partial charge in [0, 0.05) is 12.2 Å². The molecule has 0 aliphatic carbocycles. The van der Waals surface area contributed by atoms with Crippen molar-refractivity contribution in [3.8, 4) is 0 Å². The Kier molecular flexibility index (Phi) is 7.83. The largest absolute Gasteiger partial charge is 0.349 e. The summed E-state index contributed by atoms with van der Waals surface area (Å²) >= 11 is 1.33. The molecule has 0 fully saturated rings. The van der Waals surface area contributed by atoms with Gasteiger partial charge in [-0.25, -0.2) is 0 Å². The van der Waals surface area contributed by atoms with E-state index in [0.29, 0.717) is 30.5 Å². The second-order valence-electron chi connectivity index (χ2n) is 7.24. The molecule has 0 spiro atoms. The molecule has 1 heterocycles. The fourth-order valence-electron chi connectivity index (χ4n) is 3.08. The van der Waals surface area contributed by atoms with Crippen LogP contribution in [0.3, 0.4) is 0 Å². The van der Waals surface area contributed by atoms with Crippen molar-refractivity contribution in [1.29, 1.82) is 0 Å². The lowest BCUT2D eigenvalue weighted by Crippen LogP contribution is -2.26. The van der Waals surface area contributed by atoms with Gasteiger partial charge in [0.2, 0.25) is 11.8 Å². The predicted octanol–water partition coefficient (Wildman–Crippen LogP) is 3.50. The van der Waals surface area contributed by atoms with E-state index < -0.39 is 0 Å². The maximum absolute atomic E-state index is 12.4. The molecule has 1 aromatic heterocycles. The molecule has 0 unspecified atom stereocenters. The summed E-state index contributed by atoms with van der Waals surface area (Å²) in [4.78, 5) is 24.6. The van der Waals surface area contributed by atoms with Crippen molar-refractivity contribution in [1.82, 2.24) is 20.1 Å². The minimum atomic E-state index is -0.0953. The third kappa shape index (κ3) is 6.42. The number of nitrogens with one attached hydrogen (secondary N) is 2. The van der Waals surface area contributed by atoms with Crippen molar-refractivity contribution in [2.75, 3.05) is 11.1 Å². The van der Waals surface area contributed by atoms with E-state index in [2.05, 4.69) is 20.8 Å². The van der Waals surface area contributed by atoms with Gasteiger partial charge in [0.15, 0.2) is 11.0 Å². The average molecular weight is 438 g/mol. The normalized spacial score (nSPS) is 10.7. The van der Waals surface area contributed by atoms with Crippen LogP contribution in [-0.4, -0.2) is 32.3 Å². The van der Waals surface area contributed by atoms with Gasteiger partial charge in [-0.3, -0.25) is 9.59 Å². The summed E-state index contributed by atoms with van der Waals surface area (Å²) in [6, 6.07) is 15.6. The zero-order valence-corrected chi connectivity index (χ0v) is 18.8. The predicted molar refractivity (Wildman–Crippen MR) is 123 cm³/mol. The molecule has 7 nitrogen and oxygen atoms in total. The van der Waals surface area contributed by atoms with Crippen LogP contribution in [0.5, 0.6) is 0 Å². The lowest BCUT2D eigenvalue weighted by Gasteiger charge is -2.10. The van der Waals surface area contributed by atoms with Crippen molar-refractivity contribution >= 4 is 29.3 Å². The monoisotopic (exact) mass is 437 g/mol. The Balaban J connectivity index is 1.54. The molecule has 3 aromatic rings. The van der Waals surface area contributed by atoms with E-state index in [4.69, 9.17) is 0 Å². The van der Waals surface area contributed by atoms with Crippen LogP contribution in [0.15, 0.2) is 53.7 Å². The first-order chi connectivity index (χ1) is 15.0. The van der Waals surface area contributed by atoms with E-state index in [1.807, 2.05) is 73.9 Å². The number of aromatic nitrogens is 3. The molecule has 162 valence electrons. The van der Waals surface area contributed by atoms with Gasteiger partial charge >= 0.3 is 0 Å². The number of hydrogen-bond donors (Lipinski definition) is 2. The van der Waals surface area contributed by atoms with Crippen LogP contribution >= 0.6 is 11.8 Å². The summed E-state index contributed by atoms with van der Waals surface area (Å²) in [5, 5.41) is 14.9. The van der Waals surface area contributed by atoms with Gasteiger partial charge in [0.25, 0.3) is 0 Å². The second-order valence-corrected chi connectivity index (χ2v) is 8.18. The Morgan fingerprint density at radius 1 is 1.03 bits per heavy atom. The number of thioether (sulfide) groups is 1. The summed E-state index contributed by atoms with van der Waals surface area (Å²) < 4.78 is 1.92. The third-order valence-corrected chi connectivity index (χ3v) is 5.73. The van der Waals surface area contributed by atoms with Crippen molar-refractivity contribution in [2.24, 2.45) is 0 Å². The molecular weight excluding hydrogens is 410 g/mol. The van der Waals surface area contributed by atoms with Crippen LogP contribution in [-0.2, 0) is 29.1 Å². The maximum atomic E-state index is 12.4. The fourth-order valence-corrected chi connectivity index (χ4v) is 3.90. The van der Waals surface area contributed by atoms with Gasteiger partial charge in [-0.05, 0) is 43.5 Å². The quantitative estimate of drug-likeness (QED) is 0.500. The first kappa shape index (κ1) is 22.6. The molecule has 0 saturated heterocycles. The molecule has 8 heteroatoms. The SMILES string of the molecule is CCn1c(CNC(=O)Cc2ccccc2)nnc1SCC(=O)Nc1cc(C)ccc1C. The van der Waals surface area contributed by atoms with Crippen molar-refractivity contribution in [2.45, 2.75) is 45.4 Å². The minimum absolute atomic E-state index is 0.0704. The maximum Gasteiger partial charge on any atom is 0.234 e. The van der Waals surface area contributed by atoms with Crippen LogP contribution in [0, 0.1) is 13.8 Å². The Labute approximate surface area is 186 Å². The molecule has 0 bridgehead atoms. The number of anilines is 1. The number of carbonyl (C=O) groups excluding carboxylic acids is 2. The summed E-state index contributed by atoms with van der Waals surface area (Å²) in [5.41, 5.74) is 3.90. The number of benzene rings is 2. The Hall–Kier alpha value is -3.13. The molecule has 31 heavy (non-hydrogen) atoms. The van der Waals surface area contributed by atoms with Crippen LogP contribution < -0.4 is 10.6 Å². The van der Waals surface area contributed by atoms with Crippen molar-refractivity contribution in [3.05, 3.63) is 71.0 Å². The summed E-state index contributed by atoms with van der Waals surface area (Å²) in [5.74, 6) is 0.730. The average Bonchev–Trinajstić information content (AvgIpc) is 3.16. The van der Waals surface area contributed by atoms with Gasteiger partial charge in [0.1, 0.15) is 0 Å². The highest BCUT2D eigenvalue weighted by atomic mass is 32.2. The molecule has 0 radical (unpaired) electrons. The van der Waals surface area contributed by atoms with Gasteiger partial charge in [-0.1, -0.05) is 54.2 Å². The molecule has 0 saturated carbocycles. The number of carbonyl (C=O) groups is 2. The van der Waals surface area contributed by atoms with Crippen molar-refractivity contribution < 1.29 is 9.59 Å². The van der Waals surface area contributed by atoms with E-state index in [0.717, 1.165) is 22.4 Å². The third-order valence-electron chi connectivity index (χ3n) is 4.76. The zero-order valence-electron chi connectivity index (χ0n) is 18.0. The molecule has 2 amide bonds. The van der Waals surface area contributed by atoms with Crippen molar-refractivity contribution in [3.63, 3.8) is 0 Å². The second kappa shape index (κ2) is 10.8. The molecule has 0 aliphatic rings. The highest BCUT2D eigenvalue weighted by Gasteiger charge is 2.14. The molecule has 0 aliphatic heterocycles. The van der Waals surface area contributed by atoms with Crippen LogP contribution in [0.1, 0.15) is 29.4 Å². The molecule has 0 atom stereocenters. The fraction of sp³-hybridized carbons (Fsp3) is 0.304. The standard InChI is InChI=1S/C23H27N5O2S/c1-4-28-20(14-24-21(29)13-18-8-6-5-7-9-18)26-27-23(28)31-15-22(30)25-19-12-16(2)10-11-17(19)3/h5-12H,4,13-15H2,1-3H3,(H,24,29)(H,25,30). The zero-order chi connectivity index (χ0) is 22.2. The Bertz CT molecular complexity index is 1050. The van der Waals surface area contributed by atoms with Crippen LogP contribution in [0.2, 0.25) is 0 Å². The van der Waals surface area contributed by atoms with Gasteiger partial charge in [-0.2, -0.15) is 0 Å². The number of nitrogens with zero attached hydrogens (tertiary/aromatic N) is 3. The summed E-state index contributed by atoms with van der Waals surface area (Å²) in [6.45, 7) is 6.89. The Morgan fingerprint density at radius 3 is 2.55 bits per heavy atom. The molecule has 2 aromatic carbocycles. The topological polar surface area (TPSA) is 88.9 Å². The number of aryl methyl sites for hydroxylation is 2. The van der Waals surface area contributed by atoms with E-state index in [1.54, 1.807) is 0 Å². The summed E-state index contributed by atoms with van der Waals surface area (Å²) in [7, 11) is 0. The minimum Gasteiger partial charge on any atom is -0.349 e. The highest BCUT2D eigenvalue weighted by molar-refractivity contribution is 7.99. The lowest BCUT2D eigenvalue weighted by atomic mass is 10.1. The van der Waals surface area contributed by atoms with Gasteiger partial charge < -0.3 is 15.2 Å². The van der Waals surface area contributed by atoms with E-state index in [9.17, 15) is 9.59 Å². The molecular formula is C23H27N5O2S. The van der Waals surface area contributed by atoms with Crippen LogP contribution in [0.25, 0.3) is 0 Å². The van der Waals surface area contributed by atoms with E-state index in [1.165, 1.54) is 11.8 Å². The number of hydrogen-bond acceptors (Lipinski definition) is 5. The first-order valence-electron chi connectivity index (χ1n) is 10.2. The number of amides is 2. The number of rotatable bonds is 9. The van der Waals surface area contributed by atoms with Gasteiger partial charge in [-0.15, -0.1) is 10.2 Å². The van der Waals surface area contributed by atoms with E-state index >= 15 is 0 Å². The summed E-state index contributed by atoms with van der Waals surface area (Å²) in [6.07, 6.45) is 0.321. The smallest absolute Gasteiger partial charge is 0.234 e. The first-order valence-corrected chi connectivity index (χ1v) is 11.2. The molecule has 2 N–H and O–H groups in total. The van der Waals surface area contributed by atoms with Crippen LogP contribution in [0.4, 0.5) is 5.69 Å². The molecule has 3 rings (SSSR count). The van der Waals surface area contributed by atoms with E-state index in [-0.39, 0.29) is 17.6 Å². The highest BCUT2D eigenvalue weighted by Crippen LogP contribution is 2.20. The van der Waals surface area contributed by atoms with Gasteiger partial charge in [0.05, 0.1) is 18.7 Å².